The Bertz CT molecular complexity index is 965. The van der Waals surface area contributed by atoms with Gasteiger partial charge >= 0.3 is 0 Å². The van der Waals surface area contributed by atoms with Crippen LogP contribution in [0.2, 0.25) is 0 Å². The Morgan fingerprint density at radius 3 is 2.10 bits per heavy atom. The van der Waals surface area contributed by atoms with Crippen LogP contribution in [-0.4, -0.2) is 36.6 Å². The first-order chi connectivity index (χ1) is 13.9. The van der Waals surface area contributed by atoms with E-state index in [2.05, 4.69) is 0 Å². The molecule has 2 aliphatic rings. The third-order valence-corrected chi connectivity index (χ3v) is 6.08. The second-order valence-corrected chi connectivity index (χ2v) is 7.92. The third-order valence-electron chi connectivity index (χ3n) is 6.08. The van der Waals surface area contributed by atoms with Gasteiger partial charge in [-0.2, -0.15) is 0 Å². The monoisotopic (exact) mass is 400 g/mol. The molecular formula is C23H28O6. The molecule has 156 valence electrons. The van der Waals surface area contributed by atoms with Crippen molar-refractivity contribution in [2.45, 2.75) is 59.0 Å². The van der Waals surface area contributed by atoms with E-state index in [0.29, 0.717) is 48.7 Å². The fraction of sp³-hybridized carbons (Fsp3) is 0.478. The van der Waals surface area contributed by atoms with E-state index in [9.17, 15) is 10.2 Å². The topological polar surface area (TPSA) is 77.4 Å². The van der Waals surface area contributed by atoms with Gasteiger partial charge in [-0.25, -0.2) is 0 Å². The van der Waals surface area contributed by atoms with Gasteiger partial charge in [0.1, 0.15) is 23.0 Å². The average molecular weight is 400 g/mol. The zero-order valence-electron chi connectivity index (χ0n) is 17.6. The van der Waals surface area contributed by atoms with E-state index in [0.717, 1.165) is 27.8 Å². The second-order valence-electron chi connectivity index (χ2n) is 7.92. The van der Waals surface area contributed by atoms with Crippen LogP contribution in [0.3, 0.4) is 0 Å². The van der Waals surface area contributed by atoms with Crippen LogP contribution in [0.15, 0.2) is 6.07 Å². The summed E-state index contributed by atoms with van der Waals surface area (Å²) in [4.78, 5) is 0. The van der Waals surface area contributed by atoms with Crippen molar-refractivity contribution in [3.05, 3.63) is 33.9 Å². The van der Waals surface area contributed by atoms with Crippen LogP contribution in [0.5, 0.6) is 23.0 Å². The fourth-order valence-corrected chi connectivity index (χ4v) is 4.56. The van der Waals surface area contributed by atoms with E-state index in [4.69, 9.17) is 18.9 Å². The lowest BCUT2D eigenvalue weighted by Gasteiger charge is -2.31. The van der Waals surface area contributed by atoms with Crippen LogP contribution in [0, 0.1) is 6.92 Å². The van der Waals surface area contributed by atoms with Gasteiger partial charge in [-0.05, 0) is 50.3 Å². The fourth-order valence-electron chi connectivity index (χ4n) is 4.56. The number of methoxy groups -OCH3 is 2. The molecule has 0 amide bonds. The quantitative estimate of drug-likeness (QED) is 0.811. The predicted octanol–water partition coefficient (Wildman–Crippen LogP) is 4.01. The van der Waals surface area contributed by atoms with E-state index >= 15 is 0 Å². The number of fused-ring (bicyclic) bond motifs is 2. The lowest BCUT2D eigenvalue weighted by molar-refractivity contribution is 0.0389. The van der Waals surface area contributed by atoms with Crippen LogP contribution >= 0.6 is 0 Å². The van der Waals surface area contributed by atoms with Gasteiger partial charge in [0.15, 0.2) is 0 Å². The van der Waals surface area contributed by atoms with Crippen LogP contribution in [0.1, 0.15) is 41.7 Å². The standard InChI is InChI=1S/C23H28O6/c1-11-6-14-13(3)22(25)21(23(27-5)17(14)10-29-11)20-15-7-12(2)28-9-16(15)19(26-4)8-18(20)24/h8,11-12,24-25H,6-7,9-10H2,1-5H3/t11-,12-/m0/s1. The summed E-state index contributed by atoms with van der Waals surface area (Å²) < 4.78 is 22.9. The Morgan fingerprint density at radius 2 is 1.48 bits per heavy atom. The van der Waals surface area contributed by atoms with Gasteiger partial charge < -0.3 is 29.2 Å². The Labute approximate surface area is 171 Å². The molecule has 0 aromatic heterocycles. The summed E-state index contributed by atoms with van der Waals surface area (Å²) in [6, 6.07) is 1.58. The molecule has 0 aliphatic carbocycles. The molecule has 0 fully saturated rings. The minimum absolute atomic E-state index is 0.0104. The molecule has 0 saturated heterocycles. The molecule has 6 heteroatoms. The number of rotatable bonds is 3. The molecule has 0 unspecified atom stereocenters. The van der Waals surface area contributed by atoms with Gasteiger partial charge in [-0.15, -0.1) is 0 Å². The maximum Gasteiger partial charge on any atom is 0.136 e. The van der Waals surface area contributed by atoms with Crippen molar-refractivity contribution in [2.24, 2.45) is 0 Å². The van der Waals surface area contributed by atoms with Gasteiger partial charge in [-0.3, -0.25) is 0 Å². The van der Waals surface area contributed by atoms with Gasteiger partial charge in [0.25, 0.3) is 0 Å². The van der Waals surface area contributed by atoms with Gasteiger partial charge in [0.2, 0.25) is 0 Å². The Kier molecular flexibility index (Phi) is 5.09. The maximum absolute atomic E-state index is 11.2. The first kappa shape index (κ1) is 19.9. The van der Waals surface area contributed by atoms with Crippen molar-refractivity contribution in [3.8, 4) is 34.1 Å². The molecule has 29 heavy (non-hydrogen) atoms. The van der Waals surface area contributed by atoms with Crippen LogP contribution < -0.4 is 9.47 Å². The SMILES string of the molecule is COc1cc(O)c(-c2c(O)c(C)c3c(c2OC)CO[C@@H](C)C3)c2c1CO[C@@H](C)C2. The summed E-state index contributed by atoms with van der Waals surface area (Å²) in [6.07, 6.45) is 1.38. The molecule has 6 nitrogen and oxygen atoms in total. The number of ether oxygens (including phenoxy) is 4. The van der Waals surface area contributed by atoms with Crippen LogP contribution in [-0.2, 0) is 35.5 Å². The highest BCUT2D eigenvalue weighted by atomic mass is 16.5. The molecule has 2 aromatic rings. The van der Waals surface area contributed by atoms with Crippen molar-refractivity contribution in [2.75, 3.05) is 14.2 Å². The summed E-state index contributed by atoms with van der Waals surface area (Å²) in [7, 11) is 3.16. The number of phenolic OH excluding ortho intramolecular Hbond substituents is 2. The molecule has 0 bridgehead atoms. The van der Waals surface area contributed by atoms with Gasteiger partial charge in [-0.1, -0.05) is 0 Å². The minimum atomic E-state index is -0.0104. The summed E-state index contributed by atoms with van der Waals surface area (Å²) in [6.45, 7) is 6.72. The highest BCUT2D eigenvalue weighted by Gasteiger charge is 2.33. The zero-order valence-corrected chi connectivity index (χ0v) is 17.6. The van der Waals surface area contributed by atoms with Crippen molar-refractivity contribution < 1.29 is 29.2 Å². The average Bonchev–Trinajstić information content (AvgIpc) is 2.70. The summed E-state index contributed by atoms with van der Waals surface area (Å²) >= 11 is 0. The van der Waals surface area contributed by atoms with E-state index in [1.54, 1.807) is 20.3 Å². The molecule has 2 aromatic carbocycles. The summed E-state index contributed by atoms with van der Waals surface area (Å²) in [5.74, 6) is 1.32. The smallest absolute Gasteiger partial charge is 0.136 e. The normalized spacial score (nSPS) is 20.7. The van der Waals surface area contributed by atoms with E-state index in [-0.39, 0.29) is 23.7 Å². The molecular weight excluding hydrogens is 372 g/mol. The minimum Gasteiger partial charge on any atom is -0.507 e. The van der Waals surface area contributed by atoms with Crippen molar-refractivity contribution in [3.63, 3.8) is 0 Å². The summed E-state index contributed by atoms with van der Waals surface area (Å²) in [5.41, 5.74) is 5.68. The Balaban J connectivity index is 2.05. The lowest BCUT2D eigenvalue weighted by Crippen LogP contribution is -2.22. The lowest BCUT2D eigenvalue weighted by atomic mass is 9.84. The Morgan fingerprint density at radius 1 is 0.862 bits per heavy atom. The van der Waals surface area contributed by atoms with E-state index < -0.39 is 0 Å². The second kappa shape index (κ2) is 7.43. The molecule has 0 radical (unpaired) electrons. The molecule has 2 aliphatic heterocycles. The number of hydrogen-bond donors (Lipinski definition) is 2. The highest BCUT2D eigenvalue weighted by Crippen LogP contribution is 2.52. The highest BCUT2D eigenvalue weighted by molar-refractivity contribution is 5.88. The zero-order chi connectivity index (χ0) is 20.9. The van der Waals surface area contributed by atoms with Gasteiger partial charge in [0.05, 0.1) is 45.2 Å². The number of phenols is 2. The van der Waals surface area contributed by atoms with Crippen molar-refractivity contribution in [1.82, 2.24) is 0 Å². The molecule has 4 rings (SSSR count). The van der Waals surface area contributed by atoms with Crippen molar-refractivity contribution >= 4 is 0 Å². The van der Waals surface area contributed by atoms with Crippen molar-refractivity contribution in [1.29, 1.82) is 0 Å². The number of hydrogen-bond acceptors (Lipinski definition) is 6. The first-order valence-electron chi connectivity index (χ1n) is 9.93. The molecule has 0 spiro atoms. The number of benzene rings is 2. The number of aromatic hydroxyl groups is 2. The van der Waals surface area contributed by atoms with Crippen LogP contribution in [0.25, 0.3) is 11.1 Å². The first-order valence-corrected chi connectivity index (χ1v) is 9.93. The molecule has 0 saturated carbocycles. The van der Waals surface area contributed by atoms with Crippen LogP contribution in [0.4, 0.5) is 0 Å². The third kappa shape index (κ3) is 3.11. The van der Waals surface area contributed by atoms with E-state index in [1.807, 2.05) is 20.8 Å². The summed E-state index contributed by atoms with van der Waals surface area (Å²) in [5, 5.41) is 22.2. The molecule has 2 N–H and O–H groups in total. The maximum atomic E-state index is 11.2. The largest absolute Gasteiger partial charge is 0.507 e. The molecule has 2 heterocycles. The molecule has 2 atom stereocenters. The predicted molar refractivity (Wildman–Crippen MR) is 109 cm³/mol. The van der Waals surface area contributed by atoms with E-state index in [1.165, 1.54) is 0 Å². The Hall–Kier alpha value is -2.44. The van der Waals surface area contributed by atoms with Gasteiger partial charge in [0, 0.05) is 22.8 Å².